The average Bonchev–Trinajstić information content (AvgIpc) is 2.57. The molecule has 1 fully saturated rings. The van der Waals surface area contributed by atoms with Gasteiger partial charge in [0.2, 0.25) is 5.82 Å². The fourth-order valence-electron chi connectivity index (χ4n) is 2.99. The van der Waals surface area contributed by atoms with Crippen LogP contribution in [-0.2, 0) is 6.54 Å². The van der Waals surface area contributed by atoms with Gasteiger partial charge in [-0.15, -0.1) is 0 Å². The van der Waals surface area contributed by atoms with Crippen LogP contribution in [0.3, 0.4) is 0 Å². The Bertz CT molecular complexity index is 703. The Kier molecular flexibility index (Phi) is 5.00. The summed E-state index contributed by atoms with van der Waals surface area (Å²) in [7, 11) is 0. The fraction of sp³-hybridized carbons (Fsp3) is 0.353. The zero-order valence-corrected chi connectivity index (χ0v) is 13.2. The van der Waals surface area contributed by atoms with Gasteiger partial charge in [0.25, 0.3) is 0 Å². The van der Waals surface area contributed by atoms with Gasteiger partial charge < -0.3 is 5.32 Å². The summed E-state index contributed by atoms with van der Waals surface area (Å²) in [5.74, 6) is -0.808. The lowest BCUT2D eigenvalue weighted by atomic mass is 10.0. The molecule has 3 rings (SSSR count). The predicted octanol–water partition coefficient (Wildman–Crippen LogP) is 3.21. The standard InChI is InChI=1S/C17H19FN4O2/c18-15-5-3-6-16(17(15)22(23)24)20-13-7-10-21(11-8-13)12-14-4-1-2-9-19-14/h1-6,9,13,20H,7-8,10-12H2. The molecular formula is C17H19FN4O2. The number of nitro groups is 1. The van der Waals surface area contributed by atoms with Crippen LogP contribution in [0.4, 0.5) is 15.8 Å². The number of hydrogen-bond acceptors (Lipinski definition) is 5. The highest BCUT2D eigenvalue weighted by molar-refractivity contribution is 5.62. The number of para-hydroxylation sites is 1. The normalized spacial score (nSPS) is 16.0. The first-order valence-electron chi connectivity index (χ1n) is 7.95. The SMILES string of the molecule is O=[N+]([O-])c1c(F)cccc1NC1CCN(Cc2ccccn2)CC1. The smallest absolute Gasteiger partial charge is 0.327 e. The summed E-state index contributed by atoms with van der Waals surface area (Å²) in [6.07, 6.45) is 3.48. The molecule has 0 bridgehead atoms. The Labute approximate surface area is 139 Å². The second kappa shape index (κ2) is 7.35. The maximum Gasteiger partial charge on any atom is 0.327 e. The highest BCUT2D eigenvalue weighted by Crippen LogP contribution is 2.29. The lowest BCUT2D eigenvalue weighted by Crippen LogP contribution is -2.38. The Hall–Kier alpha value is -2.54. The van der Waals surface area contributed by atoms with Crippen LogP contribution in [0, 0.1) is 15.9 Å². The van der Waals surface area contributed by atoms with E-state index in [0.717, 1.165) is 44.2 Å². The van der Waals surface area contributed by atoms with Gasteiger partial charge >= 0.3 is 5.69 Å². The number of rotatable bonds is 5. The first-order chi connectivity index (χ1) is 11.6. The quantitative estimate of drug-likeness (QED) is 0.673. The predicted molar refractivity (Wildman–Crippen MR) is 89.2 cm³/mol. The second-order valence-electron chi connectivity index (χ2n) is 5.91. The summed E-state index contributed by atoms with van der Waals surface area (Å²) in [6.45, 7) is 2.54. The van der Waals surface area contributed by atoms with Crippen LogP contribution < -0.4 is 5.32 Å². The molecule has 0 aliphatic carbocycles. The van der Waals surface area contributed by atoms with E-state index >= 15 is 0 Å². The fourth-order valence-corrected chi connectivity index (χ4v) is 2.99. The van der Waals surface area contributed by atoms with Crippen LogP contribution in [-0.4, -0.2) is 33.9 Å². The summed E-state index contributed by atoms with van der Waals surface area (Å²) < 4.78 is 13.7. The molecule has 0 atom stereocenters. The minimum atomic E-state index is -0.808. The van der Waals surface area contributed by atoms with Gasteiger partial charge in [0.05, 0.1) is 10.6 Å². The molecule has 0 amide bonds. The van der Waals surface area contributed by atoms with Gasteiger partial charge in [-0.2, -0.15) is 4.39 Å². The van der Waals surface area contributed by atoms with E-state index in [0.29, 0.717) is 0 Å². The highest BCUT2D eigenvalue weighted by Gasteiger charge is 2.24. The molecule has 2 heterocycles. The van der Waals surface area contributed by atoms with Crippen LogP contribution in [0.15, 0.2) is 42.6 Å². The molecule has 1 aliphatic heterocycles. The molecule has 1 saturated heterocycles. The van der Waals surface area contributed by atoms with Crippen molar-refractivity contribution in [2.24, 2.45) is 0 Å². The van der Waals surface area contributed by atoms with Crippen LogP contribution in [0.25, 0.3) is 0 Å². The third-order valence-electron chi connectivity index (χ3n) is 4.23. The van der Waals surface area contributed by atoms with Crippen LogP contribution in [0.5, 0.6) is 0 Å². The van der Waals surface area contributed by atoms with E-state index < -0.39 is 16.4 Å². The summed E-state index contributed by atoms with van der Waals surface area (Å²) in [5, 5.41) is 14.2. The Morgan fingerprint density at radius 3 is 2.71 bits per heavy atom. The molecule has 1 aromatic carbocycles. The molecule has 6 nitrogen and oxygen atoms in total. The number of nitrogens with zero attached hydrogens (tertiary/aromatic N) is 3. The number of hydrogen-bond donors (Lipinski definition) is 1. The van der Waals surface area contributed by atoms with Gasteiger partial charge in [-0.25, -0.2) is 0 Å². The Morgan fingerprint density at radius 1 is 1.25 bits per heavy atom. The van der Waals surface area contributed by atoms with Crippen molar-refractivity contribution in [2.45, 2.75) is 25.4 Å². The zero-order chi connectivity index (χ0) is 16.9. The third-order valence-corrected chi connectivity index (χ3v) is 4.23. The average molecular weight is 330 g/mol. The van der Waals surface area contributed by atoms with Crippen molar-refractivity contribution in [3.63, 3.8) is 0 Å². The third kappa shape index (κ3) is 3.86. The molecule has 7 heteroatoms. The Balaban J connectivity index is 1.58. The molecule has 2 aromatic rings. The zero-order valence-electron chi connectivity index (χ0n) is 13.2. The van der Waals surface area contributed by atoms with E-state index in [2.05, 4.69) is 15.2 Å². The van der Waals surface area contributed by atoms with Gasteiger partial charge in [-0.3, -0.25) is 20.0 Å². The topological polar surface area (TPSA) is 71.3 Å². The first-order valence-corrected chi connectivity index (χ1v) is 7.95. The van der Waals surface area contributed by atoms with Gasteiger partial charge in [0, 0.05) is 31.9 Å². The highest BCUT2D eigenvalue weighted by atomic mass is 19.1. The number of piperidine rings is 1. The molecule has 24 heavy (non-hydrogen) atoms. The number of likely N-dealkylation sites (tertiary alicyclic amines) is 1. The molecule has 126 valence electrons. The number of nitro benzene ring substituents is 1. The number of nitrogens with one attached hydrogen (secondary N) is 1. The van der Waals surface area contributed by atoms with Crippen molar-refractivity contribution in [1.29, 1.82) is 0 Å². The molecule has 1 aromatic heterocycles. The van der Waals surface area contributed by atoms with E-state index in [4.69, 9.17) is 0 Å². The minimum absolute atomic E-state index is 0.102. The minimum Gasteiger partial charge on any atom is -0.377 e. The van der Waals surface area contributed by atoms with Gasteiger partial charge in [0.15, 0.2) is 0 Å². The molecule has 0 saturated carbocycles. The number of halogens is 1. The first kappa shape index (κ1) is 16.3. The number of aromatic nitrogens is 1. The molecular weight excluding hydrogens is 311 g/mol. The number of benzene rings is 1. The number of pyridine rings is 1. The lowest BCUT2D eigenvalue weighted by Gasteiger charge is -2.32. The van der Waals surface area contributed by atoms with E-state index in [9.17, 15) is 14.5 Å². The molecule has 1 aliphatic rings. The number of anilines is 1. The molecule has 1 N–H and O–H groups in total. The summed E-state index contributed by atoms with van der Waals surface area (Å²) in [6, 6.07) is 10.1. The summed E-state index contributed by atoms with van der Waals surface area (Å²) in [4.78, 5) is 17.0. The van der Waals surface area contributed by atoms with E-state index in [-0.39, 0.29) is 11.7 Å². The maximum atomic E-state index is 13.7. The van der Waals surface area contributed by atoms with Crippen molar-refractivity contribution in [3.05, 3.63) is 64.2 Å². The summed E-state index contributed by atoms with van der Waals surface area (Å²) in [5.41, 5.74) is 0.807. The molecule has 0 radical (unpaired) electrons. The lowest BCUT2D eigenvalue weighted by molar-refractivity contribution is -0.386. The van der Waals surface area contributed by atoms with E-state index in [1.54, 1.807) is 12.3 Å². The van der Waals surface area contributed by atoms with Crippen LogP contribution in [0.2, 0.25) is 0 Å². The van der Waals surface area contributed by atoms with Crippen molar-refractivity contribution in [3.8, 4) is 0 Å². The second-order valence-corrected chi connectivity index (χ2v) is 5.91. The van der Waals surface area contributed by atoms with Crippen LogP contribution in [0.1, 0.15) is 18.5 Å². The Morgan fingerprint density at radius 2 is 2.04 bits per heavy atom. The largest absolute Gasteiger partial charge is 0.377 e. The van der Waals surface area contributed by atoms with Gasteiger partial charge in [-0.05, 0) is 37.1 Å². The summed E-state index contributed by atoms with van der Waals surface area (Å²) >= 11 is 0. The van der Waals surface area contributed by atoms with Crippen LogP contribution >= 0.6 is 0 Å². The van der Waals surface area contributed by atoms with Crippen molar-refractivity contribution in [1.82, 2.24) is 9.88 Å². The monoisotopic (exact) mass is 330 g/mol. The van der Waals surface area contributed by atoms with Crippen molar-refractivity contribution in [2.75, 3.05) is 18.4 Å². The van der Waals surface area contributed by atoms with Gasteiger partial charge in [-0.1, -0.05) is 12.1 Å². The molecule has 0 unspecified atom stereocenters. The van der Waals surface area contributed by atoms with E-state index in [1.165, 1.54) is 6.07 Å². The van der Waals surface area contributed by atoms with Crippen molar-refractivity contribution >= 4 is 11.4 Å². The van der Waals surface area contributed by atoms with E-state index in [1.807, 2.05) is 18.2 Å². The molecule has 0 spiro atoms. The maximum absolute atomic E-state index is 13.7. The van der Waals surface area contributed by atoms with Crippen molar-refractivity contribution < 1.29 is 9.31 Å². The van der Waals surface area contributed by atoms with Gasteiger partial charge in [0.1, 0.15) is 5.69 Å².